The van der Waals surface area contributed by atoms with E-state index in [0.717, 1.165) is 5.92 Å². The van der Waals surface area contributed by atoms with E-state index in [2.05, 4.69) is 62.3 Å². The Bertz CT molecular complexity index is 176. The van der Waals surface area contributed by atoms with Crippen LogP contribution in [0.5, 0.6) is 0 Å². The molecule has 1 rings (SSSR count). The molecule has 0 atom stereocenters. The van der Waals surface area contributed by atoms with Gasteiger partial charge in [0.1, 0.15) is 0 Å². The molecule has 0 aromatic carbocycles. The molecule has 0 spiro atoms. The predicted molar refractivity (Wildman–Crippen MR) is 82.4 cm³/mol. The summed E-state index contributed by atoms with van der Waals surface area (Å²) >= 11 is 0. The van der Waals surface area contributed by atoms with Crippen LogP contribution in [-0.2, 0) is 0 Å². The lowest BCUT2D eigenvalue weighted by atomic mass is 9.78. The maximum absolute atomic E-state index is 2.32. The van der Waals surface area contributed by atoms with Crippen LogP contribution in [0.4, 0.5) is 0 Å². The zero-order chi connectivity index (χ0) is 13.2. The van der Waals surface area contributed by atoms with Crippen molar-refractivity contribution in [1.82, 2.24) is 0 Å². The van der Waals surface area contributed by atoms with Gasteiger partial charge in [0.05, 0.1) is 0 Å². The minimum atomic E-state index is 0. The third-order valence-corrected chi connectivity index (χ3v) is 2.86. The molecule has 0 aromatic rings. The van der Waals surface area contributed by atoms with Crippen molar-refractivity contribution < 1.29 is 0 Å². The van der Waals surface area contributed by atoms with Crippen LogP contribution < -0.4 is 0 Å². The SMILES string of the molecule is C.CC(C)(C)C1CC1.CC(C)(C)CC(C)(C)C. The molecule has 17 heavy (non-hydrogen) atoms. The monoisotopic (exact) mass is 242 g/mol. The van der Waals surface area contributed by atoms with Gasteiger partial charge in [-0.2, -0.15) is 0 Å². The highest BCUT2D eigenvalue weighted by Crippen LogP contribution is 2.44. The molecule has 0 heteroatoms. The second kappa shape index (κ2) is 6.25. The second-order valence-corrected chi connectivity index (χ2v) is 8.94. The molecular formula is C17H38. The van der Waals surface area contributed by atoms with Crippen LogP contribution in [0.1, 0.15) is 89.0 Å². The Kier molecular flexibility index (Phi) is 7.11. The molecule has 0 bridgehead atoms. The highest BCUT2D eigenvalue weighted by molar-refractivity contribution is 4.84. The first-order chi connectivity index (χ1) is 6.81. The van der Waals surface area contributed by atoms with Crippen LogP contribution >= 0.6 is 0 Å². The molecule has 106 valence electrons. The van der Waals surface area contributed by atoms with Crippen molar-refractivity contribution >= 4 is 0 Å². The number of hydrogen-bond donors (Lipinski definition) is 0. The lowest BCUT2D eigenvalue weighted by molar-refractivity contribution is 0.233. The first kappa shape index (κ1) is 19.3. The molecule has 0 heterocycles. The van der Waals surface area contributed by atoms with Gasteiger partial charge in [-0.15, -0.1) is 0 Å². The van der Waals surface area contributed by atoms with E-state index in [-0.39, 0.29) is 7.43 Å². The van der Waals surface area contributed by atoms with E-state index in [4.69, 9.17) is 0 Å². The second-order valence-electron chi connectivity index (χ2n) is 8.94. The van der Waals surface area contributed by atoms with Crippen LogP contribution in [0.15, 0.2) is 0 Å². The zero-order valence-corrected chi connectivity index (χ0v) is 13.2. The largest absolute Gasteiger partial charge is 0.0776 e. The summed E-state index contributed by atoms with van der Waals surface area (Å²) in [5, 5.41) is 0. The first-order valence-corrected chi connectivity index (χ1v) is 6.81. The average Bonchev–Trinajstić information content (AvgIpc) is 2.52. The maximum atomic E-state index is 2.32. The minimum Gasteiger partial charge on any atom is -0.0776 e. The van der Waals surface area contributed by atoms with Gasteiger partial charge in [0.2, 0.25) is 0 Å². The van der Waals surface area contributed by atoms with Gasteiger partial charge in [0.25, 0.3) is 0 Å². The number of rotatable bonds is 0. The standard InChI is InChI=1S/C9H20.C7H14.CH4/c1-8(2,3)7-9(4,5)6;1-7(2,3)6-4-5-6;/h7H2,1-6H3;6H,4-5H2,1-3H3;1H4. The Hall–Kier alpha value is 0. The minimum absolute atomic E-state index is 0. The quantitative estimate of drug-likeness (QED) is 0.452. The summed E-state index contributed by atoms with van der Waals surface area (Å²) < 4.78 is 0. The van der Waals surface area contributed by atoms with E-state index in [0.29, 0.717) is 16.2 Å². The van der Waals surface area contributed by atoms with Gasteiger partial charge in [-0.25, -0.2) is 0 Å². The average molecular weight is 242 g/mol. The molecule has 0 unspecified atom stereocenters. The van der Waals surface area contributed by atoms with Crippen LogP contribution in [0.2, 0.25) is 0 Å². The molecule has 0 amide bonds. The Labute approximate surface area is 112 Å². The molecule has 0 radical (unpaired) electrons. The van der Waals surface area contributed by atoms with E-state index in [1.807, 2.05) is 0 Å². The maximum Gasteiger partial charge on any atom is -0.0354 e. The normalized spacial score (nSPS) is 16.8. The summed E-state index contributed by atoms with van der Waals surface area (Å²) in [5.74, 6) is 1.05. The van der Waals surface area contributed by atoms with Gasteiger partial charge in [0.15, 0.2) is 0 Å². The molecule has 0 nitrogen and oxygen atoms in total. The molecule has 1 aliphatic carbocycles. The van der Waals surface area contributed by atoms with E-state index in [1.54, 1.807) is 0 Å². The number of hydrogen-bond acceptors (Lipinski definition) is 0. The lowest BCUT2D eigenvalue weighted by Crippen LogP contribution is -2.16. The van der Waals surface area contributed by atoms with Gasteiger partial charge in [0, 0.05) is 0 Å². The Morgan fingerprint density at radius 2 is 1.00 bits per heavy atom. The molecule has 0 saturated heterocycles. The van der Waals surface area contributed by atoms with Gasteiger partial charge in [-0.05, 0) is 41.4 Å². The predicted octanol–water partition coefficient (Wildman–Crippen LogP) is 6.55. The zero-order valence-electron chi connectivity index (χ0n) is 13.2. The summed E-state index contributed by atoms with van der Waals surface area (Å²) in [6.45, 7) is 20.7. The van der Waals surface area contributed by atoms with E-state index in [1.165, 1.54) is 19.3 Å². The highest BCUT2D eigenvalue weighted by Gasteiger charge is 2.33. The molecule has 0 aromatic heterocycles. The third kappa shape index (κ3) is 13.9. The van der Waals surface area contributed by atoms with Crippen LogP contribution in [0, 0.1) is 22.2 Å². The molecule has 1 saturated carbocycles. The fraction of sp³-hybridized carbons (Fsp3) is 1.00. The summed E-state index contributed by atoms with van der Waals surface area (Å²) in [5.41, 5.74) is 1.58. The van der Waals surface area contributed by atoms with E-state index >= 15 is 0 Å². The van der Waals surface area contributed by atoms with Gasteiger partial charge < -0.3 is 0 Å². The fourth-order valence-corrected chi connectivity index (χ4v) is 2.54. The molecular weight excluding hydrogens is 204 g/mol. The summed E-state index contributed by atoms with van der Waals surface area (Å²) in [6.07, 6.45) is 4.24. The smallest absolute Gasteiger partial charge is 0.0354 e. The van der Waals surface area contributed by atoms with E-state index < -0.39 is 0 Å². The molecule has 0 aliphatic heterocycles. The van der Waals surface area contributed by atoms with Crippen molar-refractivity contribution in [3.63, 3.8) is 0 Å². The van der Waals surface area contributed by atoms with Crippen LogP contribution in [-0.4, -0.2) is 0 Å². The van der Waals surface area contributed by atoms with Crippen LogP contribution in [0.25, 0.3) is 0 Å². The van der Waals surface area contributed by atoms with E-state index in [9.17, 15) is 0 Å². The Morgan fingerprint density at radius 3 is 1.00 bits per heavy atom. The van der Waals surface area contributed by atoms with Crippen molar-refractivity contribution in [3.8, 4) is 0 Å². The summed E-state index contributed by atoms with van der Waals surface area (Å²) in [6, 6.07) is 0. The molecule has 1 aliphatic rings. The Morgan fingerprint density at radius 1 is 0.706 bits per heavy atom. The third-order valence-electron chi connectivity index (χ3n) is 2.86. The van der Waals surface area contributed by atoms with Crippen molar-refractivity contribution in [1.29, 1.82) is 0 Å². The van der Waals surface area contributed by atoms with Gasteiger partial charge in [-0.3, -0.25) is 0 Å². The lowest BCUT2D eigenvalue weighted by Gasteiger charge is -2.28. The highest BCUT2D eigenvalue weighted by atomic mass is 14.4. The van der Waals surface area contributed by atoms with Crippen molar-refractivity contribution in [2.24, 2.45) is 22.2 Å². The van der Waals surface area contributed by atoms with Crippen molar-refractivity contribution in [3.05, 3.63) is 0 Å². The molecule has 0 N–H and O–H groups in total. The van der Waals surface area contributed by atoms with Gasteiger partial charge >= 0.3 is 0 Å². The van der Waals surface area contributed by atoms with Crippen molar-refractivity contribution in [2.75, 3.05) is 0 Å². The van der Waals surface area contributed by atoms with Crippen LogP contribution in [0.3, 0.4) is 0 Å². The summed E-state index contributed by atoms with van der Waals surface area (Å²) in [7, 11) is 0. The summed E-state index contributed by atoms with van der Waals surface area (Å²) in [4.78, 5) is 0. The Balaban J connectivity index is 0. The fourth-order valence-electron chi connectivity index (χ4n) is 2.54. The van der Waals surface area contributed by atoms with Crippen molar-refractivity contribution in [2.45, 2.75) is 89.0 Å². The molecule has 1 fully saturated rings. The van der Waals surface area contributed by atoms with Gasteiger partial charge in [-0.1, -0.05) is 69.7 Å². The first-order valence-electron chi connectivity index (χ1n) is 6.81. The topological polar surface area (TPSA) is 0 Å².